The number of benzene rings is 1. The molecule has 1 aromatic rings. The van der Waals surface area contributed by atoms with Crippen molar-refractivity contribution in [2.45, 2.75) is 12.0 Å². The molecule has 1 aliphatic rings. The van der Waals surface area contributed by atoms with E-state index >= 15 is 0 Å². The van der Waals surface area contributed by atoms with Gasteiger partial charge in [-0.3, -0.25) is 0 Å². The maximum absolute atomic E-state index is 11.4. The fourth-order valence-corrected chi connectivity index (χ4v) is 2.63. The van der Waals surface area contributed by atoms with Crippen LogP contribution in [0, 0.1) is 0 Å². The van der Waals surface area contributed by atoms with Crippen molar-refractivity contribution in [2.75, 3.05) is 33.4 Å². The molecule has 1 saturated heterocycles. The van der Waals surface area contributed by atoms with Gasteiger partial charge in [0.1, 0.15) is 0 Å². The van der Waals surface area contributed by atoms with Gasteiger partial charge in [0.2, 0.25) is 0 Å². The quantitative estimate of drug-likeness (QED) is 0.843. The van der Waals surface area contributed by atoms with Gasteiger partial charge in [0, 0.05) is 32.7 Å². The van der Waals surface area contributed by atoms with E-state index in [4.69, 9.17) is 4.74 Å². The molecular weight excluding hydrogens is 244 g/mol. The summed E-state index contributed by atoms with van der Waals surface area (Å²) < 4.78 is 5.00. The third-order valence-electron chi connectivity index (χ3n) is 3.59. The number of hydrogen-bond donors (Lipinski definition) is 2. The number of hydrogen-bond acceptors (Lipinski definition) is 3. The number of carbonyl (C=O) groups is 1. The largest absolute Gasteiger partial charge is 0.465 e. The second-order valence-corrected chi connectivity index (χ2v) is 4.71. The average Bonchev–Trinajstić information content (AvgIpc) is 2.89. The van der Waals surface area contributed by atoms with Gasteiger partial charge in [-0.2, -0.15) is 0 Å². The highest BCUT2D eigenvalue weighted by Gasteiger charge is 2.35. The van der Waals surface area contributed by atoms with E-state index in [1.165, 1.54) is 10.5 Å². The van der Waals surface area contributed by atoms with Crippen LogP contribution in [-0.4, -0.2) is 55.5 Å². The van der Waals surface area contributed by atoms with E-state index in [9.17, 15) is 9.90 Å². The van der Waals surface area contributed by atoms with Crippen molar-refractivity contribution >= 4 is 6.09 Å². The number of nitrogens with zero attached hydrogens (tertiary/aromatic N) is 1. The van der Waals surface area contributed by atoms with Crippen LogP contribution in [0.1, 0.15) is 11.5 Å². The van der Waals surface area contributed by atoms with Gasteiger partial charge in [0.15, 0.2) is 0 Å². The minimum absolute atomic E-state index is 0.0324. The van der Waals surface area contributed by atoms with Gasteiger partial charge in [0.05, 0.1) is 12.6 Å². The van der Waals surface area contributed by atoms with E-state index < -0.39 is 6.09 Å². The number of carboxylic acid groups (broad SMARTS) is 1. The highest BCUT2D eigenvalue weighted by molar-refractivity contribution is 5.65. The number of ether oxygens (including phenoxy) is 1. The van der Waals surface area contributed by atoms with Crippen LogP contribution in [0.2, 0.25) is 0 Å². The summed E-state index contributed by atoms with van der Waals surface area (Å²) in [6, 6.07) is 10.0. The van der Waals surface area contributed by atoms with E-state index in [0.717, 1.165) is 6.54 Å². The summed E-state index contributed by atoms with van der Waals surface area (Å²) in [5, 5.41) is 12.7. The van der Waals surface area contributed by atoms with Crippen molar-refractivity contribution in [3.05, 3.63) is 35.9 Å². The summed E-state index contributed by atoms with van der Waals surface area (Å²) in [7, 11) is 1.58. The first kappa shape index (κ1) is 13.8. The fourth-order valence-electron chi connectivity index (χ4n) is 2.63. The van der Waals surface area contributed by atoms with Crippen LogP contribution >= 0.6 is 0 Å². The van der Waals surface area contributed by atoms with Gasteiger partial charge in [-0.25, -0.2) is 4.79 Å². The van der Waals surface area contributed by atoms with Crippen LogP contribution in [0.3, 0.4) is 0 Å². The maximum atomic E-state index is 11.4. The number of methoxy groups -OCH3 is 1. The van der Waals surface area contributed by atoms with Gasteiger partial charge in [0.25, 0.3) is 0 Å². The Kier molecular flexibility index (Phi) is 4.76. The molecule has 1 amide bonds. The lowest BCUT2D eigenvalue weighted by atomic mass is 9.93. The van der Waals surface area contributed by atoms with E-state index in [-0.39, 0.29) is 12.0 Å². The molecule has 2 atom stereocenters. The predicted octanol–water partition coefficient (Wildman–Crippen LogP) is 1.37. The van der Waals surface area contributed by atoms with Gasteiger partial charge in [-0.1, -0.05) is 30.3 Å². The number of rotatable bonds is 5. The maximum Gasteiger partial charge on any atom is 0.407 e. The Morgan fingerprint density at radius 1 is 1.42 bits per heavy atom. The van der Waals surface area contributed by atoms with Crippen LogP contribution in [0.15, 0.2) is 30.3 Å². The van der Waals surface area contributed by atoms with Crippen LogP contribution in [0.4, 0.5) is 4.79 Å². The van der Waals surface area contributed by atoms with E-state index in [1.807, 2.05) is 18.2 Å². The Bertz CT molecular complexity index is 410. The third-order valence-corrected chi connectivity index (χ3v) is 3.59. The number of nitrogens with one attached hydrogen (secondary N) is 1. The lowest BCUT2D eigenvalue weighted by Gasteiger charge is -2.30. The molecule has 1 heterocycles. The number of amides is 1. The normalized spacial score (nSPS) is 22.4. The SMILES string of the molecule is COCCN(C(=O)O)C1CNCC1c1ccccc1. The predicted molar refractivity (Wildman–Crippen MR) is 72.4 cm³/mol. The average molecular weight is 264 g/mol. The lowest BCUT2D eigenvalue weighted by Crippen LogP contribution is -2.45. The highest BCUT2D eigenvalue weighted by Crippen LogP contribution is 2.26. The zero-order chi connectivity index (χ0) is 13.7. The second kappa shape index (κ2) is 6.54. The Balaban J connectivity index is 2.14. The summed E-state index contributed by atoms with van der Waals surface area (Å²) >= 11 is 0. The van der Waals surface area contributed by atoms with Gasteiger partial charge < -0.3 is 20.1 Å². The Morgan fingerprint density at radius 2 is 2.16 bits per heavy atom. The van der Waals surface area contributed by atoms with Gasteiger partial charge in [-0.15, -0.1) is 0 Å². The molecule has 0 aliphatic carbocycles. The lowest BCUT2D eigenvalue weighted by molar-refractivity contribution is 0.0977. The Hall–Kier alpha value is -1.59. The molecule has 0 saturated carbocycles. The molecule has 0 bridgehead atoms. The zero-order valence-corrected chi connectivity index (χ0v) is 11.1. The van der Waals surface area contributed by atoms with Crippen LogP contribution in [0.25, 0.3) is 0 Å². The summed E-state index contributed by atoms with van der Waals surface area (Å²) in [5.41, 5.74) is 1.18. The first-order valence-electron chi connectivity index (χ1n) is 6.48. The van der Waals surface area contributed by atoms with E-state index in [0.29, 0.717) is 19.7 Å². The van der Waals surface area contributed by atoms with Gasteiger partial charge >= 0.3 is 6.09 Å². The Labute approximate surface area is 113 Å². The van der Waals surface area contributed by atoms with E-state index in [2.05, 4.69) is 17.4 Å². The summed E-state index contributed by atoms with van der Waals surface area (Å²) in [6.45, 7) is 2.33. The molecule has 5 nitrogen and oxygen atoms in total. The summed E-state index contributed by atoms with van der Waals surface area (Å²) in [5.74, 6) is 0.203. The van der Waals surface area contributed by atoms with E-state index in [1.54, 1.807) is 7.11 Å². The van der Waals surface area contributed by atoms with Crippen LogP contribution in [-0.2, 0) is 4.74 Å². The zero-order valence-electron chi connectivity index (χ0n) is 11.1. The van der Waals surface area contributed by atoms with Crippen LogP contribution in [0.5, 0.6) is 0 Å². The van der Waals surface area contributed by atoms with Crippen molar-refractivity contribution in [2.24, 2.45) is 0 Å². The molecule has 104 valence electrons. The molecule has 0 aromatic heterocycles. The summed E-state index contributed by atoms with van der Waals surface area (Å²) in [4.78, 5) is 12.9. The van der Waals surface area contributed by atoms with Crippen molar-refractivity contribution in [1.29, 1.82) is 0 Å². The minimum Gasteiger partial charge on any atom is -0.465 e. The monoisotopic (exact) mass is 264 g/mol. The summed E-state index contributed by atoms with van der Waals surface area (Å²) in [6.07, 6.45) is -0.883. The molecule has 19 heavy (non-hydrogen) atoms. The molecule has 2 N–H and O–H groups in total. The van der Waals surface area contributed by atoms with Crippen molar-refractivity contribution in [1.82, 2.24) is 10.2 Å². The Morgan fingerprint density at radius 3 is 2.79 bits per heavy atom. The van der Waals surface area contributed by atoms with Gasteiger partial charge in [-0.05, 0) is 5.56 Å². The highest BCUT2D eigenvalue weighted by atomic mass is 16.5. The first-order valence-corrected chi connectivity index (χ1v) is 6.48. The van der Waals surface area contributed by atoms with Crippen molar-refractivity contribution < 1.29 is 14.6 Å². The van der Waals surface area contributed by atoms with Crippen molar-refractivity contribution in [3.8, 4) is 0 Å². The standard InChI is InChI=1S/C14H20N2O3/c1-19-8-7-16(14(17)18)13-10-15-9-12(13)11-5-3-2-4-6-11/h2-6,12-13,15H,7-10H2,1H3,(H,17,18). The smallest absolute Gasteiger partial charge is 0.407 e. The second-order valence-electron chi connectivity index (χ2n) is 4.71. The minimum atomic E-state index is -0.883. The molecule has 0 radical (unpaired) electrons. The molecule has 0 spiro atoms. The first-order chi connectivity index (χ1) is 9.24. The van der Waals surface area contributed by atoms with Crippen molar-refractivity contribution in [3.63, 3.8) is 0 Å². The molecule has 2 unspecified atom stereocenters. The molecule has 5 heteroatoms. The molecular formula is C14H20N2O3. The third kappa shape index (κ3) is 3.24. The molecule has 1 fully saturated rings. The topological polar surface area (TPSA) is 61.8 Å². The van der Waals surface area contributed by atoms with Crippen LogP contribution < -0.4 is 5.32 Å². The molecule has 1 aromatic carbocycles. The fraction of sp³-hybridized carbons (Fsp3) is 0.500. The molecule has 1 aliphatic heterocycles. The molecule has 2 rings (SSSR count).